The number of para-hydroxylation sites is 1. The molecule has 162 valence electrons. The summed E-state index contributed by atoms with van der Waals surface area (Å²) in [5, 5.41) is 2.36. The molecule has 12 heteroatoms. The van der Waals surface area contributed by atoms with Gasteiger partial charge in [0.2, 0.25) is 5.91 Å². The molecule has 0 aliphatic carbocycles. The van der Waals surface area contributed by atoms with Crippen LogP contribution in [0, 0.1) is 5.92 Å². The van der Waals surface area contributed by atoms with Crippen molar-refractivity contribution in [2.45, 2.75) is 18.6 Å². The van der Waals surface area contributed by atoms with Crippen molar-refractivity contribution in [1.82, 2.24) is 9.88 Å². The zero-order valence-electron chi connectivity index (χ0n) is 15.6. The first-order valence-corrected chi connectivity index (χ1v) is 8.80. The van der Waals surface area contributed by atoms with Crippen LogP contribution in [0.1, 0.15) is 5.56 Å². The van der Waals surface area contributed by atoms with E-state index in [1.54, 1.807) is 18.2 Å². The lowest BCUT2D eigenvalue weighted by Gasteiger charge is -2.43. The summed E-state index contributed by atoms with van der Waals surface area (Å²) >= 11 is 0. The van der Waals surface area contributed by atoms with Crippen molar-refractivity contribution < 1.29 is 37.1 Å². The quantitative estimate of drug-likeness (QED) is 0.425. The topological polar surface area (TPSA) is 132 Å². The molecule has 0 radical (unpaired) electrons. The van der Waals surface area contributed by atoms with Crippen molar-refractivity contribution in [3.63, 3.8) is 0 Å². The van der Waals surface area contributed by atoms with Gasteiger partial charge in [-0.3, -0.25) is 4.79 Å². The summed E-state index contributed by atoms with van der Waals surface area (Å²) in [5.41, 5.74) is 6.30. The lowest BCUT2D eigenvalue weighted by atomic mass is 9.82. The normalized spacial score (nSPS) is 18.2. The van der Waals surface area contributed by atoms with Crippen LogP contribution in [-0.4, -0.2) is 46.0 Å². The van der Waals surface area contributed by atoms with E-state index in [1.165, 1.54) is 30.5 Å². The van der Waals surface area contributed by atoms with Crippen LogP contribution in [0.3, 0.4) is 0 Å². The van der Waals surface area contributed by atoms with Gasteiger partial charge in [-0.1, -0.05) is 18.2 Å². The number of urea groups is 1. The first kappa shape index (κ1) is 21.7. The number of carbonyl (C=O) groups is 4. The second-order valence-corrected chi connectivity index (χ2v) is 6.56. The van der Waals surface area contributed by atoms with Crippen LogP contribution >= 0.6 is 0 Å². The Labute approximate surface area is 173 Å². The number of benzene rings is 1. The zero-order valence-corrected chi connectivity index (χ0v) is 15.6. The Morgan fingerprint density at radius 3 is 2.45 bits per heavy atom. The summed E-state index contributed by atoms with van der Waals surface area (Å²) < 4.78 is 41.4. The van der Waals surface area contributed by atoms with E-state index in [9.17, 15) is 32.3 Å². The minimum atomic E-state index is -5.42. The van der Waals surface area contributed by atoms with E-state index >= 15 is 0 Å². The highest BCUT2D eigenvalue weighted by Gasteiger charge is 2.57. The Morgan fingerprint density at radius 1 is 1.16 bits per heavy atom. The molecule has 2 atom stereocenters. The van der Waals surface area contributed by atoms with Crippen molar-refractivity contribution in [1.29, 1.82) is 0 Å². The number of nitrogens with zero attached hydrogens (tertiary/aromatic N) is 2. The van der Waals surface area contributed by atoms with Crippen molar-refractivity contribution in [2.24, 2.45) is 5.92 Å². The number of nitrogens with two attached hydrogens (primary N) is 1. The van der Waals surface area contributed by atoms with Crippen LogP contribution in [0.4, 0.5) is 29.5 Å². The van der Waals surface area contributed by atoms with Crippen LogP contribution in [0.25, 0.3) is 0 Å². The van der Waals surface area contributed by atoms with Crippen LogP contribution in [0.15, 0.2) is 48.7 Å². The number of ether oxygens (including phenoxy) is 1. The van der Waals surface area contributed by atoms with Crippen LogP contribution in [0.2, 0.25) is 0 Å². The minimum Gasteiger partial charge on any atom is -0.385 e. The fourth-order valence-electron chi connectivity index (χ4n) is 3.03. The Hall–Kier alpha value is -3.96. The molecule has 9 nitrogen and oxygen atoms in total. The first-order chi connectivity index (χ1) is 14.6. The number of alkyl halides is 3. The van der Waals surface area contributed by atoms with Gasteiger partial charge in [-0.15, -0.1) is 0 Å². The Morgan fingerprint density at radius 2 is 1.84 bits per heavy atom. The largest absolute Gasteiger partial charge is 0.491 e. The lowest BCUT2D eigenvalue weighted by molar-refractivity contribution is -0.205. The fraction of sp³-hybridized carbons (Fsp3) is 0.211. The molecular weight excluding hydrogens is 421 g/mol. The monoisotopic (exact) mass is 436 g/mol. The number of pyridine rings is 1. The van der Waals surface area contributed by atoms with Gasteiger partial charge >= 0.3 is 24.1 Å². The summed E-state index contributed by atoms with van der Waals surface area (Å²) in [7, 11) is 0. The molecular formula is C19H15F3N4O5. The van der Waals surface area contributed by atoms with Crippen molar-refractivity contribution in [2.75, 3.05) is 11.1 Å². The molecule has 1 saturated heterocycles. The molecule has 0 spiro atoms. The maximum atomic E-state index is 12.6. The number of imide groups is 1. The standard InChI is InChI=1S/C19H15F3N4O5/c20-19(21,22)17(29)31-16(28)14-12(8-10-6-7-24-13(23)9-10)15(27)26(14)18(30)25-11-4-2-1-3-5-11/h1-7,9,12,14H,8H2,(H2,23,24)(H,25,30)/t12-,14+/m1/s1. The van der Waals surface area contributed by atoms with Gasteiger partial charge in [0.05, 0.1) is 5.92 Å². The average Bonchev–Trinajstić information content (AvgIpc) is 2.69. The van der Waals surface area contributed by atoms with E-state index in [0.29, 0.717) is 10.5 Å². The summed E-state index contributed by atoms with van der Waals surface area (Å²) in [5.74, 6) is -6.36. The van der Waals surface area contributed by atoms with E-state index < -0.39 is 42.0 Å². The number of hydrogen-bond donors (Lipinski definition) is 2. The van der Waals surface area contributed by atoms with E-state index in [0.717, 1.165) is 0 Å². The molecule has 1 aliphatic heterocycles. The predicted molar refractivity (Wildman–Crippen MR) is 99.1 cm³/mol. The number of carbonyl (C=O) groups excluding carboxylic acids is 4. The van der Waals surface area contributed by atoms with Gasteiger partial charge in [-0.2, -0.15) is 13.2 Å². The molecule has 1 aromatic carbocycles. The molecule has 0 unspecified atom stereocenters. The van der Waals surface area contributed by atoms with Gasteiger partial charge in [0.1, 0.15) is 5.82 Å². The minimum absolute atomic E-state index is 0.120. The predicted octanol–water partition coefficient (Wildman–Crippen LogP) is 1.90. The number of amides is 3. The van der Waals surface area contributed by atoms with Crippen LogP contribution in [-0.2, 0) is 25.5 Å². The van der Waals surface area contributed by atoms with Crippen molar-refractivity contribution >= 4 is 35.4 Å². The van der Waals surface area contributed by atoms with Crippen molar-refractivity contribution in [3.05, 3.63) is 54.2 Å². The third-order valence-corrected chi connectivity index (χ3v) is 4.43. The zero-order chi connectivity index (χ0) is 22.8. The third kappa shape index (κ3) is 4.79. The Bertz CT molecular complexity index is 1030. The number of esters is 2. The molecule has 1 aromatic heterocycles. The summed E-state index contributed by atoms with van der Waals surface area (Å²) in [4.78, 5) is 52.7. The molecule has 0 saturated carbocycles. The number of halogens is 3. The van der Waals surface area contributed by atoms with Gasteiger partial charge in [-0.05, 0) is 36.2 Å². The molecule has 2 heterocycles. The molecule has 3 amide bonds. The molecule has 1 fully saturated rings. The van der Waals surface area contributed by atoms with Gasteiger partial charge < -0.3 is 15.8 Å². The highest BCUT2D eigenvalue weighted by molar-refractivity contribution is 6.12. The number of β-lactam (4-membered cyclic amide) rings is 1. The fourth-order valence-corrected chi connectivity index (χ4v) is 3.03. The average molecular weight is 436 g/mol. The highest BCUT2D eigenvalue weighted by atomic mass is 19.4. The number of rotatable bonds is 4. The van der Waals surface area contributed by atoms with E-state index in [4.69, 9.17) is 5.73 Å². The maximum Gasteiger partial charge on any atom is 0.491 e. The number of anilines is 2. The second kappa shape index (κ2) is 8.42. The first-order valence-electron chi connectivity index (χ1n) is 8.80. The van der Waals surface area contributed by atoms with E-state index in [2.05, 4.69) is 15.0 Å². The number of likely N-dealkylation sites (tertiary alicyclic amines) is 1. The summed E-state index contributed by atoms with van der Waals surface area (Å²) in [6.07, 6.45) is -4.22. The lowest BCUT2D eigenvalue weighted by Crippen LogP contribution is -2.68. The summed E-state index contributed by atoms with van der Waals surface area (Å²) in [6.45, 7) is 0. The van der Waals surface area contributed by atoms with Crippen LogP contribution in [0.5, 0.6) is 0 Å². The SMILES string of the molecule is Nc1cc(C[C@H]2C(=O)N(C(=O)Nc3ccccc3)[C@@H]2C(=O)OC(=O)C(F)(F)F)ccn1. The number of nitrogen functional groups attached to an aromatic ring is 1. The highest BCUT2D eigenvalue weighted by Crippen LogP contribution is 2.32. The molecule has 3 rings (SSSR count). The number of nitrogens with one attached hydrogen (secondary N) is 1. The summed E-state index contributed by atoms with van der Waals surface area (Å²) in [6, 6.07) is 7.96. The maximum absolute atomic E-state index is 12.6. The van der Waals surface area contributed by atoms with Crippen molar-refractivity contribution in [3.8, 4) is 0 Å². The van der Waals surface area contributed by atoms with E-state index in [1.807, 2.05) is 0 Å². The van der Waals surface area contributed by atoms with Crippen LogP contribution < -0.4 is 11.1 Å². The number of hydrogen-bond acceptors (Lipinski definition) is 7. The molecule has 2 aromatic rings. The molecule has 31 heavy (non-hydrogen) atoms. The van der Waals surface area contributed by atoms with Gasteiger partial charge in [0.25, 0.3) is 0 Å². The second-order valence-electron chi connectivity index (χ2n) is 6.56. The Balaban J connectivity index is 1.83. The third-order valence-electron chi connectivity index (χ3n) is 4.43. The number of aromatic nitrogens is 1. The molecule has 1 aliphatic rings. The van der Waals surface area contributed by atoms with E-state index in [-0.39, 0.29) is 17.9 Å². The smallest absolute Gasteiger partial charge is 0.385 e. The molecule has 0 bridgehead atoms. The van der Waals surface area contributed by atoms with Gasteiger partial charge in [-0.25, -0.2) is 24.3 Å². The Kier molecular flexibility index (Phi) is 5.90. The van der Waals surface area contributed by atoms with Gasteiger partial charge in [0.15, 0.2) is 6.04 Å². The van der Waals surface area contributed by atoms with Gasteiger partial charge in [0, 0.05) is 11.9 Å². The molecule has 3 N–H and O–H groups in total.